The van der Waals surface area contributed by atoms with Crippen LogP contribution in [-0.4, -0.2) is 24.7 Å². The van der Waals surface area contributed by atoms with Crippen LogP contribution < -0.4 is 10.5 Å². The van der Waals surface area contributed by atoms with Gasteiger partial charge in [-0.3, -0.25) is 0 Å². The van der Waals surface area contributed by atoms with Gasteiger partial charge in [0.05, 0.1) is 12.1 Å². The Labute approximate surface area is 105 Å². The summed E-state index contributed by atoms with van der Waals surface area (Å²) in [5.41, 5.74) is 4.05. The minimum Gasteiger partial charge on any atom is -0.466 e. The lowest BCUT2D eigenvalue weighted by Gasteiger charge is -2.13. The fourth-order valence-electron chi connectivity index (χ4n) is 0.985. The number of aromatic nitrogens is 1. The first-order chi connectivity index (χ1) is 8.25. The van der Waals surface area contributed by atoms with Crippen molar-refractivity contribution in [1.82, 2.24) is 4.98 Å². The number of rotatable bonds is 3. The molecule has 0 fully saturated rings. The van der Waals surface area contributed by atoms with Gasteiger partial charge in [0.1, 0.15) is 11.4 Å². The average Bonchev–Trinajstić information content (AvgIpc) is 2.28. The standard InChI is InChI=1S/C9H8ClF3N2O3/c1-17-6(16)3-18-8-4(9(11,12)13)2-5(10)7(14)15-8/h2H,3H2,1H3,(H2,14,15). The Morgan fingerprint density at radius 1 is 1.56 bits per heavy atom. The highest BCUT2D eigenvalue weighted by molar-refractivity contribution is 6.32. The average molecular weight is 285 g/mol. The third-order valence-electron chi connectivity index (χ3n) is 1.83. The maximum Gasteiger partial charge on any atom is 0.421 e. The third-order valence-corrected chi connectivity index (χ3v) is 2.13. The minimum atomic E-state index is -4.73. The molecule has 0 saturated heterocycles. The van der Waals surface area contributed by atoms with Crippen LogP contribution in [0.15, 0.2) is 6.07 Å². The van der Waals surface area contributed by atoms with Crippen molar-refractivity contribution < 1.29 is 27.4 Å². The van der Waals surface area contributed by atoms with E-state index in [1.807, 2.05) is 0 Å². The number of halogens is 4. The number of nitrogens with zero attached hydrogens (tertiary/aromatic N) is 1. The second-order valence-corrected chi connectivity index (χ2v) is 3.48. The summed E-state index contributed by atoms with van der Waals surface area (Å²) in [6, 6.07) is 0.580. The predicted octanol–water partition coefficient (Wildman–Crippen LogP) is 1.89. The van der Waals surface area contributed by atoms with Gasteiger partial charge in [-0.05, 0) is 6.07 Å². The van der Waals surface area contributed by atoms with Crippen LogP contribution in [0.5, 0.6) is 5.88 Å². The number of carbonyl (C=O) groups excluding carboxylic acids is 1. The molecule has 0 aromatic carbocycles. The van der Waals surface area contributed by atoms with E-state index in [1.165, 1.54) is 0 Å². The van der Waals surface area contributed by atoms with Crippen molar-refractivity contribution in [1.29, 1.82) is 0 Å². The van der Waals surface area contributed by atoms with Gasteiger partial charge in [0.25, 0.3) is 0 Å². The SMILES string of the molecule is COC(=O)COc1nc(N)c(Cl)cc1C(F)(F)F. The number of hydrogen-bond donors (Lipinski definition) is 1. The minimum absolute atomic E-state index is 0.329. The normalized spacial score (nSPS) is 11.2. The molecule has 1 rings (SSSR count). The summed E-state index contributed by atoms with van der Waals surface area (Å²) < 4.78 is 46.7. The van der Waals surface area contributed by atoms with Gasteiger partial charge in [0, 0.05) is 0 Å². The van der Waals surface area contributed by atoms with Crippen molar-refractivity contribution in [3.8, 4) is 5.88 Å². The molecule has 5 nitrogen and oxygen atoms in total. The van der Waals surface area contributed by atoms with Gasteiger partial charge >= 0.3 is 12.1 Å². The number of anilines is 1. The van der Waals surface area contributed by atoms with Gasteiger partial charge in [0.15, 0.2) is 6.61 Å². The monoisotopic (exact) mass is 284 g/mol. The molecule has 0 aliphatic heterocycles. The molecule has 0 atom stereocenters. The Morgan fingerprint density at radius 2 is 2.17 bits per heavy atom. The number of nitrogen functional groups attached to an aromatic ring is 1. The lowest BCUT2D eigenvalue weighted by Crippen LogP contribution is -2.17. The zero-order chi connectivity index (χ0) is 13.9. The quantitative estimate of drug-likeness (QED) is 0.858. The number of esters is 1. The van der Waals surface area contributed by atoms with Crippen molar-refractivity contribution in [3.05, 3.63) is 16.7 Å². The summed E-state index contributed by atoms with van der Waals surface area (Å²) >= 11 is 5.45. The van der Waals surface area contributed by atoms with Crippen molar-refractivity contribution >= 4 is 23.4 Å². The van der Waals surface area contributed by atoms with E-state index in [1.54, 1.807) is 0 Å². The highest BCUT2D eigenvalue weighted by atomic mass is 35.5. The molecular weight excluding hydrogens is 277 g/mol. The van der Waals surface area contributed by atoms with Crippen LogP contribution in [0.2, 0.25) is 5.02 Å². The maximum atomic E-state index is 12.6. The first kappa shape index (κ1) is 14.4. The molecule has 0 aliphatic carbocycles. The summed E-state index contributed by atoms with van der Waals surface area (Å²) in [4.78, 5) is 14.1. The Kier molecular flexibility index (Phi) is 4.23. The third kappa shape index (κ3) is 3.39. The van der Waals surface area contributed by atoms with Gasteiger partial charge in [-0.2, -0.15) is 18.2 Å². The summed E-state index contributed by atoms with van der Waals surface area (Å²) in [6.45, 7) is -0.715. The second-order valence-electron chi connectivity index (χ2n) is 3.07. The molecule has 0 unspecified atom stereocenters. The maximum absolute atomic E-state index is 12.6. The predicted molar refractivity (Wildman–Crippen MR) is 56.2 cm³/mol. The molecule has 1 heterocycles. The summed E-state index contributed by atoms with van der Waals surface area (Å²) in [6.07, 6.45) is -4.73. The Bertz CT molecular complexity index is 465. The Morgan fingerprint density at radius 3 is 2.67 bits per heavy atom. The van der Waals surface area contributed by atoms with Crippen LogP contribution in [0, 0.1) is 0 Å². The molecule has 0 radical (unpaired) electrons. The van der Waals surface area contributed by atoms with E-state index < -0.39 is 30.2 Å². The molecule has 9 heteroatoms. The summed E-state index contributed by atoms with van der Waals surface area (Å²) in [5, 5.41) is -0.354. The van der Waals surface area contributed by atoms with Gasteiger partial charge in [-0.15, -0.1) is 0 Å². The van der Waals surface area contributed by atoms with Crippen LogP contribution in [0.3, 0.4) is 0 Å². The number of alkyl halides is 3. The van der Waals surface area contributed by atoms with Crippen LogP contribution in [0.25, 0.3) is 0 Å². The highest BCUT2D eigenvalue weighted by Crippen LogP contribution is 2.38. The smallest absolute Gasteiger partial charge is 0.421 e. The topological polar surface area (TPSA) is 74.4 Å². The molecule has 18 heavy (non-hydrogen) atoms. The summed E-state index contributed by atoms with van der Waals surface area (Å²) in [5.74, 6) is -2.00. The van der Waals surface area contributed by atoms with Crippen LogP contribution in [0.4, 0.5) is 19.0 Å². The van der Waals surface area contributed by atoms with E-state index in [-0.39, 0.29) is 10.8 Å². The largest absolute Gasteiger partial charge is 0.466 e. The van der Waals surface area contributed by atoms with Crippen molar-refractivity contribution in [2.24, 2.45) is 0 Å². The molecular formula is C9H8ClF3N2O3. The molecule has 0 saturated carbocycles. The number of pyridine rings is 1. The van der Waals surface area contributed by atoms with E-state index in [4.69, 9.17) is 17.3 Å². The first-order valence-electron chi connectivity index (χ1n) is 4.48. The number of ether oxygens (including phenoxy) is 2. The fourth-order valence-corrected chi connectivity index (χ4v) is 1.14. The molecule has 1 aromatic rings. The number of nitrogens with two attached hydrogens (primary N) is 1. The second kappa shape index (κ2) is 5.30. The van der Waals surface area contributed by atoms with Crippen molar-refractivity contribution in [2.75, 3.05) is 19.5 Å². The lowest BCUT2D eigenvalue weighted by atomic mass is 10.2. The molecule has 0 bridgehead atoms. The molecule has 1 aromatic heterocycles. The van der Waals surface area contributed by atoms with Crippen molar-refractivity contribution in [2.45, 2.75) is 6.18 Å². The number of hydrogen-bond acceptors (Lipinski definition) is 5. The van der Waals surface area contributed by atoms with E-state index >= 15 is 0 Å². The number of carbonyl (C=O) groups is 1. The molecule has 0 amide bonds. The van der Waals surface area contributed by atoms with E-state index in [2.05, 4.69) is 14.5 Å². The zero-order valence-electron chi connectivity index (χ0n) is 9.05. The van der Waals surface area contributed by atoms with Gasteiger partial charge < -0.3 is 15.2 Å². The zero-order valence-corrected chi connectivity index (χ0v) is 9.80. The number of methoxy groups -OCH3 is 1. The molecule has 100 valence electrons. The Hall–Kier alpha value is -1.70. The first-order valence-corrected chi connectivity index (χ1v) is 4.86. The highest BCUT2D eigenvalue weighted by Gasteiger charge is 2.36. The molecule has 0 spiro atoms. The fraction of sp³-hybridized carbons (Fsp3) is 0.333. The van der Waals surface area contributed by atoms with Crippen molar-refractivity contribution in [3.63, 3.8) is 0 Å². The summed E-state index contributed by atoms with van der Waals surface area (Å²) in [7, 11) is 1.07. The molecule has 0 aliphatic rings. The van der Waals surface area contributed by atoms with E-state index in [0.717, 1.165) is 7.11 Å². The van der Waals surface area contributed by atoms with E-state index in [0.29, 0.717) is 6.07 Å². The van der Waals surface area contributed by atoms with Gasteiger partial charge in [-0.25, -0.2) is 4.79 Å². The van der Waals surface area contributed by atoms with Crippen LogP contribution >= 0.6 is 11.6 Å². The Balaban J connectivity index is 3.08. The lowest BCUT2D eigenvalue weighted by molar-refractivity contribution is -0.146. The van der Waals surface area contributed by atoms with Gasteiger partial charge in [0.2, 0.25) is 5.88 Å². The van der Waals surface area contributed by atoms with Crippen LogP contribution in [0.1, 0.15) is 5.56 Å². The van der Waals surface area contributed by atoms with Crippen LogP contribution in [-0.2, 0) is 15.7 Å². The van der Waals surface area contributed by atoms with Gasteiger partial charge in [-0.1, -0.05) is 11.6 Å². The molecule has 2 N–H and O–H groups in total. The van der Waals surface area contributed by atoms with E-state index in [9.17, 15) is 18.0 Å².